The van der Waals surface area contributed by atoms with Gasteiger partial charge in [-0.15, -0.1) is 0 Å². The summed E-state index contributed by atoms with van der Waals surface area (Å²) in [6, 6.07) is 8.32. The van der Waals surface area contributed by atoms with Crippen LogP contribution in [0.2, 0.25) is 0 Å². The Balaban J connectivity index is 1.52. The van der Waals surface area contributed by atoms with E-state index in [0.29, 0.717) is 19.0 Å². The van der Waals surface area contributed by atoms with Crippen LogP contribution in [0.15, 0.2) is 24.3 Å². The Bertz CT molecular complexity index is 910. The largest absolute Gasteiger partial charge is 0.466 e. The second-order valence-corrected chi connectivity index (χ2v) is 7.99. The zero-order chi connectivity index (χ0) is 21.1. The van der Waals surface area contributed by atoms with Crippen LogP contribution in [0.3, 0.4) is 0 Å². The zero-order valence-electron chi connectivity index (χ0n) is 17.8. The summed E-state index contributed by atoms with van der Waals surface area (Å²) in [6.45, 7) is 7.75. The van der Waals surface area contributed by atoms with Crippen LogP contribution in [-0.4, -0.2) is 67.2 Å². The second kappa shape index (κ2) is 8.87. The van der Waals surface area contributed by atoms with Crippen LogP contribution in [0.25, 0.3) is 0 Å². The fraction of sp³-hybridized carbons (Fsp3) is 0.500. The molecule has 0 saturated carbocycles. The van der Waals surface area contributed by atoms with Gasteiger partial charge in [-0.1, -0.05) is 18.2 Å². The van der Waals surface area contributed by atoms with Crippen LogP contribution in [0, 0.1) is 0 Å². The number of aromatic nitrogens is 2. The molecule has 3 heterocycles. The van der Waals surface area contributed by atoms with Crippen molar-refractivity contribution in [3.63, 3.8) is 0 Å². The van der Waals surface area contributed by atoms with Crippen LogP contribution >= 0.6 is 0 Å². The lowest BCUT2D eigenvalue weighted by atomic mass is 9.96. The van der Waals surface area contributed by atoms with Gasteiger partial charge in [0.2, 0.25) is 5.95 Å². The molecule has 1 aromatic heterocycles. The molecule has 0 unspecified atom stereocenters. The van der Waals surface area contributed by atoms with Gasteiger partial charge in [-0.05, 0) is 37.1 Å². The number of likely N-dealkylation sites (N-methyl/N-ethyl adjacent to an activating group) is 1. The lowest BCUT2D eigenvalue weighted by molar-refractivity contribution is -0.142. The number of anilines is 3. The molecule has 0 atom stereocenters. The molecule has 2 aromatic rings. The summed E-state index contributed by atoms with van der Waals surface area (Å²) >= 11 is 0. The van der Waals surface area contributed by atoms with Gasteiger partial charge in [-0.3, -0.25) is 4.79 Å². The van der Waals surface area contributed by atoms with Crippen LogP contribution in [0.4, 0.5) is 17.6 Å². The molecule has 0 aliphatic carbocycles. The third-order valence-electron chi connectivity index (χ3n) is 5.80. The van der Waals surface area contributed by atoms with Crippen LogP contribution in [0.5, 0.6) is 0 Å². The first-order chi connectivity index (χ1) is 14.5. The number of fused-ring (bicyclic) bond motifs is 1. The summed E-state index contributed by atoms with van der Waals surface area (Å²) in [6.07, 6.45) is 1.23. The molecule has 4 rings (SSSR count). The van der Waals surface area contributed by atoms with E-state index in [9.17, 15) is 4.79 Å². The predicted octanol–water partition coefficient (Wildman–Crippen LogP) is 1.48. The van der Waals surface area contributed by atoms with Crippen LogP contribution in [0.1, 0.15) is 23.6 Å². The molecule has 8 nitrogen and oxygen atoms in total. The summed E-state index contributed by atoms with van der Waals surface area (Å²) in [5.41, 5.74) is 9.59. The van der Waals surface area contributed by atoms with E-state index in [1.54, 1.807) is 0 Å². The Kier molecular flexibility index (Phi) is 6.03. The van der Waals surface area contributed by atoms with E-state index >= 15 is 0 Å². The summed E-state index contributed by atoms with van der Waals surface area (Å²) in [7, 11) is 2.14. The van der Waals surface area contributed by atoms with Gasteiger partial charge in [0, 0.05) is 45.3 Å². The van der Waals surface area contributed by atoms with Crippen molar-refractivity contribution in [2.24, 2.45) is 0 Å². The smallest absolute Gasteiger partial charge is 0.310 e. The lowest BCUT2D eigenvalue weighted by Gasteiger charge is -2.34. The molecule has 1 fully saturated rings. The standard InChI is InChI=1S/C22H30N6O2/c1-3-30-21(29)13-16-4-5-17-6-7-28(15-18(17)12-16)20-14-19(24-22(23)25-20)27-10-8-26(2)9-11-27/h4-5,12,14H,3,6-11,13,15H2,1-2H3,(H2,23,24,25). The molecular weight excluding hydrogens is 380 g/mol. The fourth-order valence-electron chi connectivity index (χ4n) is 4.09. The number of carbonyl (C=O) groups excluding carboxylic acids is 1. The third-order valence-corrected chi connectivity index (χ3v) is 5.80. The first kappa shape index (κ1) is 20.4. The van der Waals surface area contributed by atoms with E-state index < -0.39 is 0 Å². The number of benzene rings is 1. The maximum absolute atomic E-state index is 11.8. The van der Waals surface area contributed by atoms with E-state index in [0.717, 1.165) is 62.9 Å². The minimum Gasteiger partial charge on any atom is -0.466 e. The number of hydrogen-bond acceptors (Lipinski definition) is 8. The van der Waals surface area contributed by atoms with Crippen molar-refractivity contribution in [2.45, 2.75) is 26.3 Å². The fourth-order valence-corrected chi connectivity index (χ4v) is 4.09. The van der Waals surface area contributed by atoms with Gasteiger partial charge in [-0.2, -0.15) is 9.97 Å². The minimum atomic E-state index is -0.189. The Morgan fingerprint density at radius 2 is 1.77 bits per heavy atom. The molecule has 30 heavy (non-hydrogen) atoms. The van der Waals surface area contributed by atoms with E-state index in [-0.39, 0.29) is 5.97 Å². The summed E-state index contributed by atoms with van der Waals surface area (Å²) in [5, 5.41) is 0. The SMILES string of the molecule is CCOC(=O)Cc1ccc2c(c1)CN(c1cc(N3CCN(C)CC3)nc(N)n1)CC2. The number of carbonyl (C=O) groups is 1. The van der Waals surface area contributed by atoms with Gasteiger partial charge in [-0.25, -0.2) is 0 Å². The third kappa shape index (κ3) is 4.64. The average molecular weight is 411 g/mol. The molecule has 0 amide bonds. The van der Waals surface area contributed by atoms with Crippen molar-refractivity contribution in [2.75, 3.05) is 61.9 Å². The Morgan fingerprint density at radius 3 is 2.50 bits per heavy atom. The molecule has 2 aliphatic heterocycles. The quantitative estimate of drug-likeness (QED) is 0.742. The maximum atomic E-state index is 11.8. The molecule has 8 heteroatoms. The first-order valence-corrected chi connectivity index (χ1v) is 10.6. The first-order valence-electron chi connectivity index (χ1n) is 10.6. The number of rotatable bonds is 5. The molecule has 0 spiro atoms. The number of nitrogens with two attached hydrogens (primary N) is 1. The number of esters is 1. The van der Waals surface area contributed by atoms with Crippen molar-refractivity contribution in [3.05, 3.63) is 41.0 Å². The number of hydrogen-bond donors (Lipinski definition) is 1. The maximum Gasteiger partial charge on any atom is 0.310 e. The lowest BCUT2D eigenvalue weighted by Crippen LogP contribution is -2.45. The summed E-state index contributed by atoms with van der Waals surface area (Å²) in [5.74, 6) is 1.87. The normalized spacial score (nSPS) is 17.0. The molecule has 2 N–H and O–H groups in total. The Morgan fingerprint density at radius 1 is 1.03 bits per heavy atom. The van der Waals surface area contributed by atoms with Crippen molar-refractivity contribution < 1.29 is 9.53 Å². The molecule has 0 radical (unpaired) electrons. The van der Waals surface area contributed by atoms with E-state index in [2.05, 4.69) is 49.9 Å². The summed E-state index contributed by atoms with van der Waals surface area (Å²) < 4.78 is 5.08. The monoisotopic (exact) mass is 410 g/mol. The van der Waals surface area contributed by atoms with Gasteiger partial charge in [0.25, 0.3) is 0 Å². The van der Waals surface area contributed by atoms with Crippen molar-refractivity contribution in [1.82, 2.24) is 14.9 Å². The van der Waals surface area contributed by atoms with E-state index in [1.807, 2.05) is 13.0 Å². The molecule has 1 saturated heterocycles. The van der Waals surface area contributed by atoms with Crippen molar-refractivity contribution in [3.8, 4) is 0 Å². The van der Waals surface area contributed by atoms with E-state index in [4.69, 9.17) is 10.5 Å². The van der Waals surface area contributed by atoms with Crippen LogP contribution in [-0.2, 0) is 28.9 Å². The number of piperazine rings is 1. The van der Waals surface area contributed by atoms with Gasteiger partial charge in [0.05, 0.1) is 13.0 Å². The number of ether oxygens (including phenoxy) is 1. The Labute approximate surface area is 177 Å². The highest BCUT2D eigenvalue weighted by Gasteiger charge is 2.22. The highest BCUT2D eigenvalue weighted by atomic mass is 16.5. The van der Waals surface area contributed by atoms with Crippen LogP contribution < -0.4 is 15.5 Å². The van der Waals surface area contributed by atoms with Gasteiger partial charge < -0.3 is 25.2 Å². The van der Waals surface area contributed by atoms with Gasteiger partial charge >= 0.3 is 5.97 Å². The van der Waals surface area contributed by atoms with E-state index in [1.165, 1.54) is 11.1 Å². The van der Waals surface area contributed by atoms with Gasteiger partial charge in [0.1, 0.15) is 11.6 Å². The summed E-state index contributed by atoms with van der Waals surface area (Å²) in [4.78, 5) is 27.7. The molecule has 1 aromatic carbocycles. The highest BCUT2D eigenvalue weighted by Crippen LogP contribution is 2.27. The minimum absolute atomic E-state index is 0.189. The predicted molar refractivity (Wildman–Crippen MR) is 118 cm³/mol. The van der Waals surface area contributed by atoms with Crippen molar-refractivity contribution in [1.29, 1.82) is 0 Å². The highest BCUT2D eigenvalue weighted by molar-refractivity contribution is 5.72. The Hall–Kier alpha value is -2.87. The van der Waals surface area contributed by atoms with Gasteiger partial charge in [0.15, 0.2) is 0 Å². The molecule has 160 valence electrons. The second-order valence-electron chi connectivity index (χ2n) is 7.99. The number of nitrogen functional groups attached to an aromatic ring is 1. The molecular formula is C22H30N6O2. The average Bonchev–Trinajstić information content (AvgIpc) is 2.73. The molecule has 0 bridgehead atoms. The topological polar surface area (TPSA) is 87.8 Å². The van der Waals surface area contributed by atoms with Crippen molar-refractivity contribution >= 4 is 23.6 Å². The zero-order valence-corrected chi connectivity index (χ0v) is 17.8. The number of nitrogens with zero attached hydrogens (tertiary/aromatic N) is 5. The molecule has 2 aliphatic rings.